The third-order valence-corrected chi connectivity index (χ3v) is 6.67. The summed E-state index contributed by atoms with van der Waals surface area (Å²) in [4.78, 5) is 21.1. The third kappa shape index (κ3) is 3.94. The van der Waals surface area contributed by atoms with Crippen LogP contribution in [0.3, 0.4) is 0 Å². The standard InChI is InChI=1S/C22H25F3N4O4/c1-12-2-3-13(21(33,11-30)22(23,24)25)8-14(12)15-9-27-17(26)16(28-15)18(31)29-19-4-6-20(32,10-19)7-5-19/h2-3,8-9,30,32-33H,4-7,10-11H2,1H3,(H2,26,27)(H,29,31)/t19?,20?,21-/m1/s1/i1D3. The zero-order valence-corrected chi connectivity index (χ0v) is 17.4. The van der Waals surface area contributed by atoms with Gasteiger partial charge in [0.15, 0.2) is 11.5 Å². The molecule has 1 aromatic carbocycles. The number of alkyl halides is 3. The van der Waals surface area contributed by atoms with E-state index in [0.29, 0.717) is 32.1 Å². The van der Waals surface area contributed by atoms with Crippen LogP contribution in [0.25, 0.3) is 11.3 Å². The number of halogens is 3. The topological polar surface area (TPSA) is 142 Å². The van der Waals surface area contributed by atoms with Crippen molar-refractivity contribution < 1.29 is 37.4 Å². The maximum absolute atomic E-state index is 13.5. The van der Waals surface area contributed by atoms with Crippen LogP contribution in [0.4, 0.5) is 19.0 Å². The summed E-state index contributed by atoms with van der Waals surface area (Å²) in [5.41, 5.74) is -1.52. The summed E-state index contributed by atoms with van der Waals surface area (Å²) in [6.45, 7) is -4.51. The number of nitrogens with one attached hydrogen (secondary N) is 1. The number of carbonyl (C=O) groups is 1. The highest BCUT2D eigenvalue weighted by atomic mass is 19.4. The van der Waals surface area contributed by atoms with Crippen LogP contribution < -0.4 is 11.1 Å². The number of nitrogens with zero attached hydrogens (tertiary/aromatic N) is 2. The second-order valence-corrected chi connectivity index (χ2v) is 8.90. The van der Waals surface area contributed by atoms with Gasteiger partial charge in [0, 0.05) is 15.2 Å². The number of aliphatic hydroxyl groups is 3. The molecular formula is C22H25F3N4O4. The third-order valence-electron chi connectivity index (χ3n) is 6.67. The van der Waals surface area contributed by atoms with Crippen molar-refractivity contribution in [3.05, 3.63) is 41.2 Å². The van der Waals surface area contributed by atoms with E-state index >= 15 is 0 Å². The van der Waals surface area contributed by atoms with Gasteiger partial charge in [0.25, 0.3) is 5.91 Å². The quantitative estimate of drug-likeness (QED) is 0.451. The molecule has 0 saturated heterocycles. The smallest absolute Gasteiger partial charge is 0.393 e. The molecule has 2 aliphatic rings. The lowest BCUT2D eigenvalue weighted by atomic mass is 9.90. The number of anilines is 1. The zero-order valence-electron chi connectivity index (χ0n) is 20.4. The van der Waals surface area contributed by atoms with Crippen LogP contribution in [0, 0.1) is 6.85 Å². The predicted octanol–water partition coefficient (Wildman–Crippen LogP) is 1.95. The first-order chi connectivity index (χ1) is 16.5. The second-order valence-electron chi connectivity index (χ2n) is 8.90. The fraction of sp³-hybridized carbons (Fsp3) is 0.500. The molecule has 11 heteroatoms. The van der Waals surface area contributed by atoms with E-state index in [4.69, 9.17) is 9.85 Å². The number of nitrogens with two attached hydrogens (primary N) is 1. The summed E-state index contributed by atoms with van der Waals surface area (Å²) in [6, 6.07) is 2.38. The largest absolute Gasteiger partial charge is 0.423 e. The van der Waals surface area contributed by atoms with Gasteiger partial charge < -0.3 is 26.4 Å². The molecule has 0 radical (unpaired) electrons. The van der Waals surface area contributed by atoms with Crippen LogP contribution in [0.5, 0.6) is 0 Å². The van der Waals surface area contributed by atoms with Crippen LogP contribution in [0.2, 0.25) is 0 Å². The molecule has 2 fully saturated rings. The number of hydrogen-bond acceptors (Lipinski definition) is 7. The van der Waals surface area contributed by atoms with E-state index in [1.165, 1.54) is 0 Å². The molecule has 2 aromatic rings. The number of aromatic nitrogens is 2. The van der Waals surface area contributed by atoms with E-state index in [0.717, 1.165) is 24.4 Å². The number of rotatable bonds is 5. The summed E-state index contributed by atoms with van der Waals surface area (Å²) in [5.74, 6) is -1.01. The molecule has 1 heterocycles. The lowest BCUT2D eigenvalue weighted by Crippen LogP contribution is -2.45. The van der Waals surface area contributed by atoms with Gasteiger partial charge in [-0.1, -0.05) is 12.1 Å². The van der Waals surface area contributed by atoms with E-state index in [9.17, 15) is 33.3 Å². The van der Waals surface area contributed by atoms with Gasteiger partial charge in [0.2, 0.25) is 5.60 Å². The Hall–Kier alpha value is -2.76. The van der Waals surface area contributed by atoms with Crippen LogP contribution in [-0.4, -0.2) is 55.1 Å². The fourth-order valence-electron chi connectivity index (χ4n) is 4.70. The lowest BCUT2D eigenvalue weighted by molar-refractivity contribution is -0.277. The average Bonchev–Trinajstić information content (AvgIpc) is 3.29. The van der Waals surface area contributed by atoms with Gasteiger partial charge in [-0.3, -0.25) is 4.79 Å². The van der Waals surface area contributed by atoms with E-state index in [-0.39, 0.29) is 22.8 Å². The van der Waals surface area contributed by atoms with Crippen LogP contribution in [0.1, 0.15) is 57.8 Å². The molecule has 4 rings (SSSR count). The molecule has 2 aliphatic carbocycles. The Morgan fingerprint density at radius 3 is 2.55 bits per heavy atom. The normalized spacial score (nSPS) is 28.0. The lowest BCUT2D eigenvalue weighted by Gasteiger charge is -2.29. The molecular weight excluding hydrogens is 441 g/mol. The number of aryl methyl sites for hydroxylation is 1. The van der Waals surface area contributed by atoms with Gasteiger partial charge in [-0.2, -0.15) is 13.2 Å². The molecule has 0 aliphatic heterocycles. The summed E-state index contributed by atoms with van der Waals surface area (Å²) in [7, 11) is 0. The number of hydrogen-bond donors (Lipinski definition) is 5. The molecule has 1 amide bonds. The van der Waals surface area contributed by atoms with E-state index in [1.807, 2.05) is 0 Å². The fourth-order valence-corrected chi connectivity index (χ4v) is 4.70. The molecule has 0 spiro atoms. The summed E-state index contributed by atoms with van der Waals surface area (Å²) in [6.07, 6.45) is -1.76. The maximum atomic E-state index is 13.5. The number of fused-ring (bicyclic) bond motifs is 2. The minimum atomic E-state index is -5.28. The molecule has 6 N–H and O–H groups in total. The van der Waals surface area contributed by atoms with Crippen molar-refractivity contribution in [2.45, 2.75) is 61.9 Å². The number of carbonyl (C=O) groups excluding carboxylic acids is 1. The Morgan fingerprint density at radius 2 is 2.00 bits per heavy atom. The van der Waals surface area contributed by atoms with Crippen molar-refractivity contribution >= 4 is 11.7 Å². The van der Waals surface area contributed by atoms with Crippen molar-refractivity contribution in [1.82, 2.24) is 15.3 Å². The van der Waals surface area contributed by atoms with Crippen LogP contribution >= 0.6 is 0 Å². The number of amides is 1. The molecule has 33 heavy (non-hydrogen) atoms. The van der Waals surface area contributed by atoms with Crippen molar-refractivity contribution in [2.24, 2.45) is 0 Å². The van der Waals surface area contributed by atoms with Gasteiger partial charge in [0.05, 0.1) is 24.1 Å². The maximum Gasteiger partial charge on any atom is 0.423 e. The van der Waals surface area contributed by atoms with Gasteiger partial charge in [-0.05, 0) is 56.1 Å². The summed E-state index contributed by atoms with van der Waals surface area (Å²) in [5, 5.41) is 32.8. The second kappa shape index (κ2) is 7.64. The van der Waals surface area contributed by atoms with E-state index < -0.39 is 53.4 Å². The van der Waals surface area contributed by atoms with Gasteiger partial charge in [-0.15, -0.1) is 0 Å². The first kappa shape index (κ1) is 19.7. The van der Waals surface area contributed by atoms with Gasteiger partial charge in [0.1, 0.15) is 0 Å². The highest BCUT2D eigenvalue weighted by Gasteiger charge is 2.55. The van der Waals surface area contributed by atoms with Crippen molar-refractivity contribution in [2.75, 3.05) is 12.3 Å². The summed E-state index contributed by atoms with van der Waals surface area (Å²) >= 11 is 0. The minimum Gasteiger partial charge on any atom is -0.393 e. The first-order valence-electron chi connectivity index (χ1n) is 11.8. The van der Waals surface area contributed by atoms with E-state index in [1.54, 1.807) is 0 Å². The molecule has 0 unspecified atom stereocenters. The Balaban J connectivity index is 1.78. The Morgan fingerprint density at radius 1 is 1.30 bits per heavy atom. The SMILES string of the molecule is [2H]C([2H])([2H])c1ccc([C@](O)(CO)C(F)(F)F)cc1-c1cnc(N)c(C(=O)NC23CCC(O)(CC2)C3)n1. The van der Waals surface area contributed by atoms with Gasteiger partial charge in [-0.25, -0.2) is 9.97 Å². The van der Waals surface area contributed by atoms with Gasteiger partial charge >= 0.3 is 6.18 Å². The van der Waals surface area contributed by atoms with Crippen LogP contribution in [-0.2, 0) is 5.60 Å². The summed E-state index contributed by atoms with van der Waals surface area (Å²) < 4.78 is 64.0. The molecule has 1 atom stereocenters. The number of aliphatic hydroxyl groups excluding tert-OH is 1. The molecule has 178 valence electrons. The van der Waals surface area contributed by atoms with E-state index in [2.05, 4.69) is 15.3 Å². The molecule has 8 nitrogen and oxygen atoms in total. The molecule has 1 aromatic heterocycles. The Bertz CT molecular complexity index is 1200. The zero-order chi connectivity index (χ0) is 26.7. The molecule has 2 saturated carbocycles. The molecule has 2 bridgehead atoms. The Kier molecular flexibility index (Phi) is 4.56. The van der Waals surface area contributed by atoms with Crippen molar-refractivity contribution in [3.8, 4) is 11.3 Å². The number of nitrogen functional groups attached to an aromatic ring is 1. The minimum absolute atomic E-state index is 0.267. The number of benzene rings is 1. The highest BCUT2D eigenvalue weighted by Crippen LogP contribution is 2.50. The van der Waals surface area contributed by atoms with Crippen LogP contribution in [0.15, 0.2) is 24.4 Å². The first-order valence-corrected chi connectivity index (χ1v) is 10.3. The average molecular weight is 469 g/mol. The highest BCUT2D eigenvalue weighted by molar-refractivity contribution is 5.97. The predicted molar refractivity (Wildman–Crippen MR) is 112 cm³/mol. The monoisotopic (exact) mass is 469 g/mol. The van der Waals surface area contributed by atoms with Crippen molar-refractivity contribution in [3.63, 3.8) is 0 Å². The van der Waals surface area contributed by atoms with Crippen molar-refractivity contribution in [1.29, 1.82) is 0 Å². The Labute approximate surface area is 191 Å².